The fraction of sp³-hybridized carbons (Fsp3) is 0.405. The summed E-state index contributed by atoms with van der Waals surface area (Å²) >= 11 is 0. The summed E-state index contributed by atoms with van der Waals surface area (Å²) in [4.78, 5) is 21.8. The Morgan fingerprint density at radius 3 is 2.32 bits per heavy atom. The number of ether oxygens (including phenoxy) is 2. The minimum absolute atomic E-state index is 0.0790. The first-order valence-corrected chi connectivity index (χ1v) is 18.2. The minimum atomic E-state index is -0.0868. The highest BCUT2D eigenvalue weighted by Gasteiger charge is 2.38. The van der Waals surface area contributed by atoms with Crippen LogP contribution in [0.15, 0.2) is 84.9 Å². The van der Waals surface area contributed by atoms with Crippen LogP contribution in [-0.4, -0.2) is 86.9 Å². The lowest BCUT2D eigenvalue weighted by atomic mass is 9.73. The van der Waals surface area contributed by atoms with Gasteiger partial charge in [0.05, 0.1) is 7.11 Å². The van der Waals surface area contributed by atoms with Crippen LogP contribution < -0.4 is 19.3 Å². The largest absolute Gasteiger partial charge is 0.508 e. The number of piperidine rings is 1. The molecule has 0 radical (unpaired) electrons. The Kier molecular flexibility index (Phi) is 8.81. The van der Waals surface area contributed by atoms with Gasteiger partial charge in [0.1, 0.15) is 23.4 Å². The third-order valence-electron chi connectivity index (χ3n) is 11.5. The number of nitrogens with zero attached hydrogens (tertiary/aromatic N) is 4. The molecule has 0 saturated carbocycles. The number of carbonyl (C=O) groups excluding carboxylic acids is 1. The molecule has 8 heteroatoms. The number of methoxy groups -OCH3 is 1. The summed E-state index contributed by atoms with van der Waals surface area (Å²) in [5, 5.41) is 10.2. The predicted molar refractivity (Wildman–Crippen MR) is 198 cm³/mol. The molecule has 0 bridgehead atoms. The van der Waals surface area contributed by atoms with Crippen molar-refractivity contribution in [2.75, 3.05) is 69.8 Å². The first kappa shape index (κ1) is 32.5. The van der Waals surface area contributed by atoms with Crippen LogP contribution in [0.1, 0.15) is 64.2 Å². The minimum Gasteiger partial charge on any atom is -0.508 e. The van der Waals surface area contributed by atoms with Gasteiger partial charge in [-0.3, -0.25) is 9.69 Å². The smallest absolute Gasteiger partial charge is 0.254 e. The van der Waals surface area contributed by atoms with Crippen molar-refractivity contribution in [3.8, 4) is 17.2 Å². The average molecular weight is 673 g/mol. The molecular formula is C42H48N4O4. The number of carbonyl (C=O) groups is 1. The summed E-state index contributed by atoms with van der Waals surface area (Å²) in [7, 11) is 3.58. The molecule has 4 aliphatic heterocycles. The van der Waals surface area contributed by atoms with Crippen molar-refractivity contribution in [1.82, 2.24) is 9.80 Å². The molecule has 1 N–H and O–H groups in total. The quantitative estimate of drug-likeness (QED) is 0.234. The molecule has 2 unspecified atom stereocenters. The summed E-state index contributed by atoms with van der Waals surface area (Å²) in [5.41, 5.74) is 8.07. The third kappa shape index (κ3) is 6.26. The van der Waals surface area contributed by atoms with E-state index in [0.29, 0.717) is 6.54 Å². The number of hydrogen-bond donors (Lipinski definition) is 1. The van der Waals surface area contributed by atoms with E-state index >= 15 is 0 Å². The normalized spacial score (nSPS) is 22.7. The highest BCUT2D eigenvalue weighted by molar-refractivity contribution is 5.98. The molecule has 260 valence electrons. The van der Waals surface area contributed by atoms with Gasteiger partial charge in [0.15, 0.2) is 0 Å². The summed E-state index contributed by atoms with van der Waals surface area (Å²) in [6.07, 6.45) is 2.33. The molecule has 50 heavy (non-hydrogen) atoms. The SMILES string of the molecule is COc1cccc(C2C(c3ccc(N4CCC(CN5CCN(c6ccc7c(c6)CN(C)C7=O)CC5)CC4)cc3)c3ccc(O)cc3O[C@H]2C)c1. The van der Waals surface area contributed by atoms with Crippen LogP contribution in [0.25, 0.3) is 0 Å². The molecule has 1 amide bonds. The predicted octanol–water partition coefficient (Wildman–Crippen LogP) is 6.72. The molecule has 8 nitrogen and oxygen atoms in total. The van der Waals surface area contributed by atoms with Gasteiger partial charge in [-0.25, -0.2) is 0 Å². The van der Waals surface area contributed by atoms with E-state index in [2.05, 4.69) is 76.2 Å². The monoisotopic (exact) mass is 672 g/mol. The lowest BCUT2D eigenvalue weighted by Gasteiger charge is -2.40. The van der Waals surface area contributed by atoms with Crippen LogP contribution in [0.2, 0.25) is 0 Å². The molecule has 0 aliphatic carbocycles. The fourth-order valence-corrected chi connectivity index (χ4v) is 8.79. The number of hydrogen-bond acceptors (Lipinski definition) is 7. The second kappa shape index (κ2) is 13.6. The van der Waals surface area contributed by atoms with Gasteiger partial charge < -0.3 is 29.3 Å². The molecule has 4 aliphatic rings. The second-order valence-electron chi connectivity index (χ2n) is 14.6. The number of aromatic hydroxyl groups is 1. The van der Waals surface area contributed by atoms with E-state index in [-0.39, 0.29) is 29.6 Å². The second-order valence-corrected chi connectivity index (χ2v) is 14.6. The summed E-state index contributed by atoms with van der Waals surface area (Å²) < 4.78 is 12.0. The first-order valence-electron chi connectivity index (χ1n) is 18.2. The Morgan fingerprint density at radius 2 is 1.56 bits per heavy atom. The molecule has 2 saturated heterocycles. The molecule has 4 heterocycles. The van der Waals surface area contributed by atoms with Gasteiger partial charge in [-0.05, 0) is 90.9 Å². The number of fused-ring (bicyclic) bond motifs is 2. The van der Waals surface area contributed by atoms with Crippen LogP contribution in [0, 0.1) is 5.92 Å². The van der Waals surface area contributed by atoms with E-state index < -0.39 is 0 Å². The van der Waals surface area contributed by atoms with E-state index in [4.69, 9.17) is 9.47 Å². The Labute approximate surface area is 295 Å². The molecule has 0 spiro atoms. The van der Waals surface area contributed by atoms with Crippen LogP contribution in [0.5, 0.6) is 17.2 Å². The van der Waals surface area contributed by atoms with E-state index in [9.17, 15) is 9.90 Å². The molecule has 3 atom stereocenters. The number of phenols is 1. The highest BCUT2D eigenvalue weighted by Crippen LogP contribution is 2.50. The standard InChI is InChI=1S/C42H48N4O4/c1-28-40(31-5-4-6-36(24-31)49-3)41(38-14-12-35(47)25-39(38)50-28)30-7-9-33(10-8-30)45-17-15-29(16-18-45)26-44-19-21-46(22-20-44)34-11-13-37-32(23-34)27-43(2)42(37)48/h4-14,23-25,28-29,40-41,47H,15-22,26-27H2,1-3H3/t28-,40?,41?/m0/s1. The van der Waals surface area contributed by atoms with Crippen LogP contribution in [0.4, 0.5) is 11.4 Å². The van der Waals surface area contributed by atoms with Gasteiger partial charge in [0, 0.05) is 99.8 Å². The molecule has 4 aromatic rings. The zero-order valence-electron chi connectivity index (χ0n) is 29.4. The molecule has 8 rings (SSSR count). The van der Waals surface area contributed by atoms with Crippen molar-refractivity contribution in [2.24, 2.45) is 5.92 Å². The van der Waals surface area contributed by atoms with Gasteiger partial charge in [-0.1, -0.05) is 30.3 Å². The van der Waals surface area contributed by atoms with E-state index in [0.717, 1.165) is 73.4 Å². The van der Waals surface area contributed by atoms with Crippen LogP contribution >= 0.6 is 0 Å². The van der Waals surface area contributed by atoms with E-state index in [1.165, 1.54) is 41.9 Å². The summed E-state index contributed by atoms with van der Waals surface area (Å²) in [6.45, 7) is 10.4. The number of amides is 1. The van der Waals surface area contributed by atoms with Gasteiger partial charge in [0.2, 0.25) is 0 Å². The van der Waals surface area contributed by atoms with Crippen molar-refractivity contribution in [3.05, 3.63) is 113 Å². The molecule has 0 aromatic heterocycles. The van der Waals surface area contributed by atoms with E-state index in [1.54, 1.807) is 24.1 Å². The number of piperazine rings is 1. The van der Waals surface area contributed by atoms with Gasteiger partial charge in [-0.2, -0.15) is 0 Å². The number of anilines is 2. The maximum absolute atomic E-state index is 12.3. The Morgan fingerprint density at radius 1 is 0.820 bits per heavy atom. The van der Waals surface area contributed by atoms with Crippen molar-refractivity contribution >= 4 is 17.3 Å². The Hall–Kier alpha value is -4.69. The molecule has 2 fully saturated rings. The maximum Gasteiger partial charge on any atom is 0.254 e. The number of rotatable bonds is 7. The third-order valence-corrected chi connectivity index (χ3v) is 11.5. The average Bonchev–Trinajstić information content (AvgIpc) is 3.43. The zero-order chi connectivity index (χ0) is 34.4. The fourth-order valence-electron chi connectivity index (χ4n) is 8.79. The topological polar surface area (TPSA) is 68.7 Å². The van der Waals surface area contributed by atoms with E-state index in [1.807, 2.05) is 25.2 Å². The zero-order valence-corrected chi connectivity index (χ0v) is 29.4. The van der Waals surface area contributed by atoms with Gasteiger partial charge in [-0.15, -0.1) is 0 Å². The van der Waals surface area contributed by atoms with Crippen molar-refractivity contribution in [3.63, 3.8) is 0 Å². The molecular weight excluding hydrogens is 624 g/mol. The summed E-state index contributed by atoms with van der Waals surface area (Å²) in [5.74, 6) is 2.84. The van der Waals surface area contributed by atoms with Crippen molar-refractivity contribution < 1.29 is 19.4 Å². The maximum atomic E-state index is 12.3. The number of phenolic OH excluding ortho intramolecular Hbond substituents is 1. The molecule has 4 aromatic carbocycles. The lowest BCUT2D eigenvalue weighted by molar-refractivity contribution is 0.0816. The Balaban J connectivity index is 0.896. The highest BCUT2D eigenvalue weighted by atomic mass is 16.5. The Bertz CT molecular complexity index is 1850. The van der Waals surface area contributed by atoms with Crippen LogP contribution in [0.3, 0.4) is 0 Å². The van der Waals surface area contributed by atoms with Crippen molar-refractivity contribution in [1.29, 1.82) is 0 Å². The first-order chi connectivity index (χ1) is 24.3. The number of benzene rings is 4. The summed E-state index contributed by atoms with van der Waals surface area (Å²) in [6, 6.07) is 29.4. The van der Waals surface area contributed by atoms with Crippen molar-refractivity contribution in [2.45, 2.75) is 44.2 Å². The lowest BCUT2D eigenvalue weighted by Crippen LogP contribution is -2.49. The van der Waals surface area contributed by atoms with Gasteiger partial charge in [0.25, 0.3) is 5.91 Å². The van der Waals surface area contributed by atoms with Crippen LogP contribution in [-0.2, 0) is 6.54 Å². The van der Waals surface area contributed by atoms with Gasteiger partial charge >= 0.3 is 0 Å².